The van der Waals surface area contributed by atoms with Crippen LogP contribution >= 0.6 is 23.2 Å². The highest BCUT2D eigenvalue weighted by molar-refractivity contribution is 6.40. The van der Waals surface area contributed by atoms with Crippen molar-refractivity contribution in [1.82, 2.24) is 19.7 Å². The first-order valence-electron chi connectivity index (χ1n) is 13.4. The number of aromatic nitrogens is 3. The quantitative estimate of drug-likeness (QED) is 0.307. The molecule has 2 aliphatic rings. The molecule has 222 valence electrons. The van der Waals surface area contributed by atoms with E-state index in [1.54, 1.807) is 19.1 Å². The lowest BCUT2D eigenvalue weighted by Gasteiger charge is -2.34. The third kappa shape index (κ3) is 5.51. The summed E-state index contributed by atoms with van der Waals surface area (Å²) in [4.78, 5) is 44.4. The molecule has 2 atom stereocenters. The molecule has 1 saturated carbocycles. The van der Waals surface area contributed by atoms with E-state index in [1.807, 2.05) is 18.2 Å². The SMILES string of the molecule is CC1(C(=O)O)CCC(n2ncc(C(=O)N3CC(c4ccccc4)CC3C(=O)c3c(Cl)cncc3Cl)c2C(F)(F)F)CC1. The average molecular weight is 623 g/mol. The van der Waals surface area contributed by atoms with Crippen molar-refractivity contribution < 1.29 is 32.7 Å². The van der Waals surface area contributed by atoms with Crippen LogP contribution in [0.3, 0.4) is 0 Å². The largest absolute Gasteiger partial charge is 0.481 e. The Bertz CT molecular complexity index is 1500. The van der Waals surface area contributed by atoms with Gasteiger partial charge in [0.2, 0.25) is 0 Å². The van der Waals surface area contributed by atoms with Crippen LogP contribution in [-0.4, -0.2) is 55.0 Å². The van der Waals surface area contributed by atoms with E-state index >= 15 is 0 Å². The summed E-state index contributed by atoms with van der Waals surface area (Å²) in [6, 6.07) is 7.21. The topological polar surface area (TPSA) is 105 Å². The fraction of sp³-hybridized carbons (Fsp3) is 0.414. The summed E-state index contributed by atoms with van der Waals surface area (Å²) in [6.45, 7) is 1.56. The summed E-state index contributed by atoms with van der Waals surface area (Å²) in [5, 5.41) is 13.5. The predicted molar refractivity (Wildman–Crippen MR) is 148 cm³/mol. The van der Waals surface area contributed by atoms with Crippen LogP contribution < -0.4 is 0 Å². The van der Waals surface area contributed by atoms with E-state index in [-0.39, 0.29) is 60.2 Å². The molecule has 3 aromatic rings. The van der Waals surface area contributed by atoms with Gasteiger partial charge in [0.1, 0.15) is 0 Å². The normalized spacial score (nSPS) is 24.5. The van der Waals surface area contributed by atoms with Crippen molar-refractivity contribution in [2.45, 2.75) is 63.2 Å². The second-order valence-electron chi connectivity index (χ2n) is 11.1. The number of carboxylic acid groups (broad SMARTS) is 1. The van der Waals surface area contributed by atoms with Gasteiger partial charge in [-0.05, 0) is 44.6 Å². The standard InChI is InChI=1S/C29H27Cl2F3N4O4/c1-28(27(41)42)9-7-18(8-10-28)38-25(29(32,33)34)19(12-36-38)26(40)37-15-17(16-5-3-2-4-6-16)11-22(37)24(39)23-20(30)13-35-14-21(23)31/h2-6,12-14,17-18,22H,7-11,15H2,1H3,(H,41,42). The molecule has 0 spiro atoms. The number of benzene rings is 1. The maximum Gasteiger partial charge on any atom is 0.433 e. The van der Waals surface area contributed by atoms with Gasteiger partial charge in [-0.15, -0.1) is 0 Å². The highest BCUT2D eigenvalue weighted by atomic mass is 35.5. The highest BCUT2D eigenvalue weighted by Gasteiger charge is 2.48. The molecular formula is C29H27Cl2F3N4O4. The van der Waals surface area contributed by atoms with E-state index in [9.17, 15) is 32.7 Å². The second-order valence-corrected chi connectivity index (χ2v) is 11.9. The van der Waals surface area contributed by atoms with Crippen molar-refractivity contribution in [1.29, 1.82) is 0 Å². The maximum atomic E-state index is 14.6. The molecule has 1 amide bonds. The molecule has 0 bridgehead atoms. The zero-order chi connectivity index (χ0) is 30.4. The van der Waals surface area contributed by atoms with Crippen molar-refractivity contribution in [2.75, 3.05) is 6.54 Å². The zero-order valence-electron chi connectivity index (χ0n) is 22.4. The Balaban J connectivity index is 1.52. The van der Waals surface area contributed by atoms with Crippen molar-refractivity contribution in [3.05, 3.63) is 81.4 Å². The number of amides is 1. The predicted octanol–water partition coefficient (Wildman–Crippen LogP) is 6.69. The molecule has 2 fully saturated rings. The Kier molecular flexibility index (Phi) is 8.10. The van der Waals surface area contributed by atoms with Crippen LogP contribution in [0.15, 0.2) is 48.9 Å². The van der Waals surface area contributed by atoms with Gasteiger partial charge in [0.15, 0.2) is 11.5 Å². The van der Waals surface area contributed by atoms with Gasteiger partial charge in [-0.25, -0.2) is 0 Å². The first-order valence-corrected chi connectivity index (χ1v) is 14.1. The smallest absolute Gasteiger partial charge is 0.433 e. The Hall–Kier alpha value is -3.44. The molecule has 5 rings (SSSR count). The molecule has 3 heterocycles. The number of Topliss-reactive ketones (excluding diaryl/α,β-unsaturated/α-hetero) is 1. The molecule has 0 radical (unpaired) electrons. The Morgan fingerprint density at radius 3 is 2.21 bits per heavy atom. The molecule has 42 heavy (non-hydrogen) atoms. The maximum absolute atomic E-state index is 14.6. The number of ketones is 1. The summed E-state index contributed by atoms with van der Waals surface area (Å²) in [5.74, 6) is -2.92. The van der Waals surface area contributed by atoms with E-state index in [0.29, 0.717) is 0 Å². The van der Waals surface area contributed by atoms with Gasteiger partial charge in [-0.1, -0.05) is 53.5 Å². The van der Waals surface area contributed by atoms with Crippen LogP contribution in [0, 0.1) is 5.41 Å². The number of carboxylic acids is 1. The number of alkyl halides is 3. The molecule has 8 nitrogen and oxygen atoms in total. The molecule has 2 aromatic heterocycles. The highest BCUT2D eigenvalue weighted by Crippen LogP contribution is 2.44. The number of aliphatic carboxylic acids is 1. The summed E-state index contributed by atoms with van der Waals surface area (Å²) in [5.41, 5.74) is -2.15. The van der Waals surface area contributed by atoms with Crippen LogP contribution in [0.1, 0.15) is 83.0 Å². The van der Waals surface area contributed by atoms with Crippen LogP contribution in [-0.2, 0) is 11.0 Å². The fourth-order valence-electron chi connectivity index (χ4n) is 6.02. The second kappa shape index (κ2) is 11.3. The van der Waals surface area contributed by atoms with Gasteiger partial charge < -0.3 is 10.0 Å². The third-order valence-corrected chi connectivity index (χ3v) is 9.02. The van der Waals surface area contributed by atoms with Crippen LogP contribution in [0.25, 0.3) is 0 Å². The minimum atomic E-state index is -4.94. The number of likely N-dealkylation sites (tertiary alicyclic amines) is 1. The van der Waals surface area contributed by atoms with E-state index in [1.165, 1.54) is 12.4 Å². The number of carbonyl (C=O) groups excluding carboxylic acids is 2. The number of pyridine rings is 1. The molecule has 1 N–H and O–H groups in total. The summed E-state index contributed by atoms with van der Waals surface area (Å²) in [7, 11) is 0. The molecule has 1 aliphatic heterocycles. The minimum Gasteiger partial charge on any atom is -0.481 e. The van der Waals surface area contributed by atoms with Crippen LogP contribution in [0.2, 0.25) is 10.0 Å². The van der Waals surface area contributed by atoms with Gasteiger partial charge >= 0.3 is 12.1 Å². The van der Waals surface area contributed by atoms with Crippen LogP contribution in [0.4, 0.5) is 13.2 Å². The van der Waals surface area contributed by atoms with Gasteiger partial charge in [0, 0.05) is 24.9 Å². The minimum absolute atomic E-state index is 0.0115. The summed E-state index contributed by atoms with van der Waals surface area (Å²) >= 11 is 12.5. The lowest BCUT2D eigenvalue weighted by atomic mass is 9.74. The Labute approximate surface area is 249 Å². The first kappa shape index (κ1) is 30.0. The fourth-order valence-corrected chi connectivity index (χ4v) is 6.57. The number of hydrogen-bond donors (Lipinski definition) is 1. The molecule has 1 saturated heterocycles. The number of nitrogens with zero attached hydrogens (tertiary/aromatic N) is 4. The van der Waals surface area contributed by atoms with Gasteiger partial charge in [0.25, 0.3) is 5.91 Å². The van der Waals surface area contributed by atoms with Crippen molar-refractivity contribution in [3.8, 4) is 0 Å². The molecule has 2 unspecified atom stereocenters. The Morgan fingerprint density at radius 2 is 1.64 bits per heavy atom. The zero-order valence-corrected chi connectivity index (χ0v) is 24.0. The van der Waals surface area contributed by atoms with E-state index in [0.717, 1.165) is 21.3 Å². The summed E-state index contributed by atoms with van der Waals surface area (Å²) in [6.07, 6.45) is -0.781. The van der Waals surface area contributed by atoms with E-state index < -0.39 is 52.6 Å². The third-order valence-electron chi connectivity index (χ3n) is 8.45. The first-order chi connectivity index (χ1) is 19.8. The van der Waals surface area contributed by atoms with E-state index in [2.05, 4.69) is 10.1 Å². The monoisotopic (exact) mass is 622 g/mol. The summed E-state index contributed by atoms with van der Waals surface area (Å²) < 4.78 is 44.5. The van der Waals surface area contributed by atoms with Crippen molar-refractivity contribution in [2.24, 2.45) is 5.41 Å². The van der Waals surface area contributed by atoms with Gasteiger partial charge in [0.05, 0.1) is 44.9 Å². The lowest BCUT2D eigenvalue weighted by Crippen LogP contribution is -2.41. The molecule has 1 aliphatic carbocycles. The number of rotatable bonds is 6. The van der Waals surface area contributed by atoms with Crippen molar-refractivity contribution in [3.63, 3.8) is 0 Å². The number of halogens is 5. The lowest BCUT2D eigenvalue weighted by molar-refractivity contribution is -0.152. The molecule has 13 heteroatoms. The van der Waals surface area contributed by atoms with Crippen LogP contribution in [0.5, 0.6) is 0 Å². The Morgan fingerprint density at radius 1 is 1.02 bits per heavy atom. The van der Waals surface area contributed by atoms with Gasteiger partial charge in [-0.2, -0.15) is 18.3 Å². The van der Waals surface area contributed by atoms with Gasteiger partial charge in [-0.3, -0.25) is 24.0 Å². The molecular weight excluding hydrogens is 596 g/mol. The van der Waals surface area contributed by atoms with E-state index in [4.69, 9.17) is 23.2 Å². The molecule has 1 aromatic carbocycles. The average Bonchev–Trinajstić information content (AvgIpc) is 3.59. The van der Waals surface area contributed by atoms with Crippen molar-refractivity contribution >= 4 is 40.9 Å². The number of carbonyl (C=O) groups is 3. The number of hydrogen-bond acceptors (Lipinski definition) is 5.